The van der Waals surface area contributed by atoms with E-state index in [2.05, 4.69) is 15.2 Å². The van der Waals surface area contributed by atoms with Gasteiger partial charge >= 0.3 is 5.97 Å². The molecule has 0 aromatic carbocycles. The van der Waals surface area contributed by atoms with E-state index in [1.807, 2.05) is 12.1 Å². The number of carbonyl (C=O) groups excluding carboxylic acids is 2. The highest BCUT2D eigenvalue weighted by Gasteiger charge is 2.44. The molecule has 33 heavy (non-hydrogen) atoms. The number of carbonyl (C=O) groups is 2. The van der Waals surface area contributed by atoms with Gasteiger partial charge in [0, 0.05) is 51.2 Å². The molecule has 180 valence electrons. The highest BCUT2D eigenvalue weighted by molar-refractivity contribution is 5.90. The Kier molecular flexibility index (Phi) is 8.11. The summed E-state index contributed by atoms with van der Waals surface area (Å²) in [7, 11) is 0. The Labute approximate surface area is 195 Å². The van der Waals surface area contributed by atoms with Crippen LogP contribution in [-0.4, -0.2) is 65.7 Å². The minimum absolute atomic E-state index is 0.0743. The van der Waals surface area contributed by atoms with Gasteiger partial charge in [-0.2, -0.15) is 0 Å². The van der Waals surface area contributed by atoms with E-state index < -0.39 is 11.4 Å². The molecule has 3 aliphatic rings. The van der Waals surface area contributed by atoms with Crippen molar-refractivity contribution < 1.29 is 19.1 Å². The Morgan fingerprint density at radius 2 is 1.91 bits per heavy atom. The van der Waals surface area contributed by atoms with E-state index in [-0.39, 0.29) is 12.1 Å². The van der Waals surface area contributed by atoms with Gasteiger partial charge in [-0.05, 0) is 69.1 Å². The van der Waals surface area contributed by atoms with Crippen LogP contribution in [0.25, 0.3) is 6.08 Å². The Balaban J connectivity index is 1.28. The SMILES string of the molecule is NC(=O)/C=C/c1ccc(CN2CCC(NC3(C(=O)OC4CCCC4)CCOCC3)CC2)nc1. The summed E-state index contributed by atoms with van der Waals surface area (Å²) in [4.78, 5) is 30.9. The number of hydrogen-bond acceptors (Lipinski definition) is 7. The van der Waals surface area contributed by atoms with Gasteiger partial charge in [-0.1, -0.05) is 6.07 Å². The van der Waals surface area contributed by atoms with E-state index in [0.717, 1.165) is 69.4 Å². The van der Waals surface area contributed by atoms with Gasteiger partial charge in [-0.25, -0.2) is 0 Å². The lowest BCUT2D eigenvalue weighted by Crippen LogP contribution is -2.61. The summed E-state index contributed by atoms with van der Waals surface area (Å²) in [5.41, 5.74) is 6.38. The minimum Gasteiger partial charge on any atom is -0.461 e. The molecule has 0 spiro atoms. The number of nitrogens with two attached hydrogens (primary N) is 1. The molecule has 8 heteroatoms. The van der Waals surface area contributed by atoms with Gasteiger partial charge in [0.2, 0.25) is 5.91 Å². The summed E-state index contributed by atoms with van der Waals surface area (Å²) < 4.78 is 11.5. The van der Waals surface area contributed by atoms with E-state index in [1.54, 1.807) is 12.3 Å². The molecule has 1 saturated carbocycles. The van der Waals surface area contributed by atoms with Gasteiger partial charge in [-0.3, -0.25) is 24.8 Å². The third-order valence-electron chi connectivity index (χ3n) is 7.05. The van der Waals surface area contributed by atoms with Crippen LogP contribution < -0.4 is 11.1 Å². The van der Waals surface area contributed by atoms with Crippen molar-refractivity contribution in [3.8, 4) is 0 Å². The second kappa shape index (κ2) is 11.2. The third-order valence-corrected chi connectivity index (χ3v) is 7.05. The quantitative estimate of drug-likeness (QED) is 0.456. The summed E-state index contributed by atoms with van der Waals surface area (Å²) in [5, 5.41) is 3.72. The van der Waals surface area contributed by atoms with Crippen molar-refractivity contribution in [3.63, 3.8) is 0 Å². The third kappa shape index (κ3) is 6.62. The van der Waals surface area contributed by atoms with E-state index in [0.29, 0.717) is 32.1 Å². The maximum atomic E-state index is 13.2. The maximum absolute atomic E-state index is 13.2. The summed E-state index contributed by atoms with van der Waals surface area (Å²) in [6, 6.07) is 4.23. The van der Waals surface area contributed by atoms with Crippen LogP contribution in [0.4, 0.5) is 0 Å². The van der Waals surface area contributed by atoms with Gasteiger partial charge < -0.3 is 15.2 Å². The van der Waals surface area contributed by atoms with Crippen molar-refractivity contribution in [1.82, 2.24) is 15.2 Å². The Hall–Kier alpha value is -2.29. The second-order valence-corrected chi connectivity index (χ2v) is 9.52. The molecule has 0 bridgehead atoms. The summed E-state index contributed by atoms with van der Waals surface area (Å²) in [6.45, 7) is 3.89. The molecule has 3 fully saturated rings. The highest BCUT2D eigenvalue weighted by atomic mass is 16.5. The molecule has 4 rings (SSSR count). The molecule has 2 aliphatic heterocycles. The monoisotopic (exact) mass is 456 g/mol. The van der Waals surface area contributed by atoms with Crippen LogP contribution in [0.5, 0.6) is 0 Å². The molecule has 1 aromatic rings. The molecule has 1 amide bonds. The van der Waals surface area contributed by atoms with Crippen molar-refractivity contribution in [1.29, 1.82) is 0 Å². The zero-order chi connectivity index (χ0) is 23.1. The molecule has 0 unspecified atom stereocenters. The van der Waals surface area contributed by atoms with Crippen molar-refractivity contribution >= 4 is 18.0 Å². The lowest BCUT2D eigenvalue weighted by atomic mass is 9.87. The maximum Gasteiger partial charge on any atom is 0.326 e. The second-order valence-electron chi connectivity index (χ2n) is 9.52. The van der Waals surface area contributed by atoms with Gasteiger partial charge in [0.15, 0.2) is 0 Å². The normalized spacial score (nSPS) is 22.5. The fourth-order valence-corrected chi connectivity index (χ4v) is 5.06. The number of hydrogen-bond donors (Lipinski definition) is 2. The van der Waals surface area contributed by atoms with Gasteiger partial charge in [0.05, 0.1) is 5.69 Å². The predicted molar refractivity (Wildman–Crippen MR) is 125 cm³/mol. The number of piperidine rings is 1. The van der Waals surface area contributed by atoms with Crippen LogP contribution >= 0.6 is 0 Å². The summed E-state index contributed by atoms with van der Waals surface area (Å²) in [5.74, 6) is -0.542. The van der Waals surface area contributed by atoms with Crippen molar-refractivity contribution in [2.24, 2.45) is 5.73 Å². The number of nitrogens with one attached hydrogen (secondary N) is 1. The lowest BCUT2D eigenvalue weighted by molar-refractivity contribution is -0.162. The van der Waals surface area contributed by atoms with Crippen LogP contribution in [-0.2, 0) is 25.6 Å². The number of esters is 1. The smallest absolute Gasteiger partial charge is 0.326 e. The molecule has 3 heterocycles. The average Bonchev–Trinajstić information content (AvgIpc) is 3.33. The average molecular weight is 457 g/mol. The lowest BCUT2D eigenvalue weighted by Gasteiger charge is -2.41. The number of amides is 1. The number of pyridine rings is 1. The first-order valence-corrected chi connectivity index (χ1v) is 12.2. The van der Waals surface area contributed by atoms with Crippen molar-refractivity contribution in [2.45, 2.75) is 75.6 Å². The van der Waals surface area contributed by atoms with E-state index in [4.69, 9.17) is 15.2 Å². The van der Waals surface area contributed by atoms with E-state index >= 15 is 0 Å². The molecule has 0 radical (unpaired) electrons. The number of likely N-dealkylation sites (tertiary alicyclic amines) is 1. The van der Waals surface area contributed by atoms with Crippen LogP contribution in [0.15, 0.2) is 24.4 Å². The first-order valence-electron chi connectivity index (χ1n) is 12.2. The molecular weight excluding hydrogens is 420 g/mol. The molecule has 3 N–H and O–H groups in total. The number of primary amides is 1. The zero-order valence-corrected chi connectivity index (χ0v) is 19.3. The first-order chi connectivity index (χ1) is 16.0. The minimum atomic E-state index is -0.608. The molecule has 0 atom stereocenters. The predicted octanol–water partition coefficient (Wildman–Crippen LogP) is 2.17. The molecule has 1 aromatic heterocycles. The number of nitrogens with zero attached hydrogens (tertiary/aromatic N) is 2. The van der Waals surface area contributed by atoms with Gasteiger partial charge in [0.1, 0.15) is 11.6 Å². The van der Waals surface area contributed by atoms with Crippen molar-refractivity contribution in [3.05, 3.63) is 35.7 Å². The van der Waals surface area contributed by atoms with Crippen LogP contribution in [0.2, 0.25) is 0 Å². The van der Waals surface area contributed by atoms with E-state index in [9.17, 15) is 9.59 Å². The molecule has 8 nitrogen and oxygen atoms in total. The van der Waals surface area contributed by atoms with Gasteiger partial charge in [0.25, 0.3) is 0 Å². The zero-order valence-electron chi connectivity index (χ0n) is 19.3. The van der Waals surface area contributed by atoms with Gasteiger partial charge in [-0.15, -0.1) is 0 Å². The van der Waals surface area contributed by atoms with E-state index in [1.165, 1.54) is 6.08 Å². The fraction of sp³-hybridized carbons (Fsp3) is 0.640. The van der Waals surface area contributed by atoms with Crippen LogP contribution in [0.1, 0.15) is 62.6 Å². The Morgan fingerprint density at radius 1 is 1.18 bits per heavy atom. The molecule has 1 aliphatic carbocycles. The standard InChI is InChI=1S/C25H36N4O4/c26-23(30)8-6-19-5-7-21(27-17-19)18-29-13-9-20(10-14-29)28-25(11-15-32-16-12-25)24(31)33-22-3-1-2-4-22/h5-8,17,20,22,28H,1-4,9-16,18H2,(H2,26,30)/b8-6+. The van der Waals surface area contributed by atoms with Crippen LogP contribution in [0.3, 0.4) is 0 Å². The number of ether oxygens (including phenoxy) is 2. The first kappa shape index (κ1) is 23.9. The molecule has 2 saturated heterocycles. The topological polar surface area (TPSA) is 107 Å². The Morgan fingerprint density at radius 3 is 2.55 bits per heavy atom. The van der Waals surface area contributed by atoms with Crippen molar-refractivity contribution in [2.75, 3.05) is 26.3 Å². The highest BCUT2D eigenvalue weighted by Crippen LogP contribution is 2.29. The fourth-order valence-electron chi connectivity index (χ4n) is 5.06. The summed E-state index contributed by atoms with van der Waals surface area (Å²) in [6.07, 6.45) is 12.5. The largest absolute Gasteiger partial charge is 0.461 e. The molecular formula is C25H36N4O4. The summed E-state index contributed by atoms with van der Waals surface area (Å²) >= 11 is 0. The van der Waals surface area contributed by atoms with Crippen LogP contribution in [0, 0.1) is 0 Å². The number of aromatic nitrogens is 1. The Bertz CT molecular complexity index is 821. The number of rotatable bonds is 8.